The molecule has 0 bridgehead atoms. The van der Waals surface area contributed by atoms with Gasteiger partial charge < -0.3 is 9.64 Å². The summed E-state index contributed by atoms with van der Waals surface area (Å²) in [4.78, 5) is 15.4. The summed E-state index contributed by atoms with van der Waals surface area (Å²) < 4.78 is 5.25. The van der Waals surface area contributed by atoms with Crippen LogP contribution in [0.4, 0.5) is 0 Å². The molecule has 0 radical (unpaired) electrons. The van der Waals surface area contributed by atoms with Crippen molar-refractivity contribution in [3.05, 3.63) is 105 Å². The van der Waals surface area contributed by atoms with Crippen LogP contribution in [0.5, 0.6) is 5.75 Å². The molecule has 33 heavy (non-hydrogen) atoms. The number of rotatable bonds is 6. The van der Waals surface area contributed by atoms with E-state index in [0.29, 0.717) is 28.7 Å². The van der Waals surface area contributed by atoms with Crippen LogP contribution in [-0.4, -0.2) is 34.7 Å². The zero-order chi connectivity index (χ0) is 22.9. The topological polar surface area (TPSA) is 58.2 Å². The number of carbonyl (C=O) groups is 1. The number of halogens is 2. The van der Waals surface area contributed by atoms with Crippen LogP contribution in [0.25, 0.3) is 11.3 Å². The van der Waals surface area contributed by atoms with Crippen molar-refractivity contribution in [2.24, 2.45) is 0 Å². The minimum absolute atomic E-state index is 0.0869. The third kappa shape index (κ3) is 3.99. The first-order valence-electron chi connectivity index (χ1n) is 10.6. The number of hydrogen-bond acceptors (Lipinski definition) is 3. The number of nitrogens with one attached hydrogen (secondary N) is 1. The Morgan fingerprint density at radius 2 is 1.73 bits per heavy atom. The Labute approximate surface area is 201 Å². The molecule has 1 unspecified atom stereocenters. The summed E-state index contributed by atoms with van der Waals surface area (Å²) in [5.74, 6) is 0.717. The Bertz CT molecular complexity index is 1300. The van der Waals surface area contributed by atoms with Crippen LogP contribution in [0.1, 0.15) is 33.2 Å². The SMILES string of the molecule is COc1ccc(CCN2C(=O)c3[nH]nc(-c4ccc(Cl)cc4)c3C2c2ccccc2Cl)cc1. The minimum atomic E-state index is -0.344. The molecule has 0 fully saturated rings. The maximum absolute atomic E-state index is 13.5. The van der Waals surface area contributed by atoms with Crippen molar-refractivity contribution < 1.29 is 9.53 Å². The van der Waals surface area contributed by atoms with E-state index in [1.165, 1.54) is 0 Å². The first-order valence-corrected chi connectivity index (χ1v) is 11.3. The molecule has 1 aliphatic rings. The van der Waals surface area contributed by atoms with Crippen LogP contribution in [0, 0.1) is 0 Å². The lowest BCUT2D eigenvalue weighted by Crippen LogP contribution is -2.31. The maximum Gasteiger partial charge on any atom is 0.273 e. The van der Waals surface area contributed by atoms with Crippen LogP contribution in [0.15, 0.2) is 72.8 Å². The highest BCUT2D eigenvalue weighted by atomic mass is 35.5. The molecule has 166 valence electrons. The van der Waals surface area contributed by atoms with E-state index in [1.54, 1.807) is 7.11 Å². The van der Waals surface area contributed by atoms with Crippen molar-refractivity contribution in [3.63, 3.8) is 0 Å². The molecule has 5 nitrogen and oxygen atoms in total. The Balaban J connectivity index is 1.54. The average molecular weight is 478 g/mol. The van der Waals surface area contributed by atoms with Gasteiger partial charge in [-0.05, 0) is 47.9 Å². The van der Waals surface area contributed by atoms with Crippen LogP contribution in [0.2, 0.25) is 10.0 Å². The fraction of sp³-hybridized carbons (Fsp3) is 0.154. The number of H-pyrrole nitrogens is 1. The predicted octanol–water partition coefficient (Wildman–Crippen LogP) is 6.18. The normalized spacial score (nSPS) is 15.1. The molecule has 0 saturated heterocycles. The lowest BCUT2D eigenvalue weighted by Gasteiger charge is -2.27. The first-order chi connectivity index (χ1) is 16.1. The highest BCUT2D eigenvalue weighted by molar-refractivity contribution is 6.31. The van der Waals surface area contributed by atoms with Crippen molar-refractivity contribution in [3.8, 4) is 17.0 Å². The number of carbonyl (C=O) groups excluding carboxylic acids is 1. The van der Waals surface area contributed by atoms with Gasteiger partial charge in [-0.3, -0.25) is 9.89 Å². The second-order valence-corrected chi connectivity index (χ2v) is 8.73. The van der Waals surface area contributed by atoms with Crippen LogP contribution < -0.4 is 4.74 Å². The second kappa shape index (κ2) is 8.93. The summed E-state index contributed by atoms with van der Waals surface area (Å²) in [6, 6.07) is 22.7. The average Bonchev–Trinajstić information content (AvgIpc) is 3.38. The third-order valence-electron chi connectivity index (χ3n) is 5.98. The van der Waals surface area contributed by atoms with Gasteiger partial charge in [0.15, 0.2) is 0 Å². The molecule has 1 amide bonds. The first kappa shape index (κ1) is 21.6. The summed E-state index contributed by atoms with van der Waals surface area (Å²) in [6.07, 6.45) is 0.699. The molecule has 0 aliphatic carbocycles. The molecular formula is C26H21Cl2N3O2. The van der Waals surface area contributed by atoms with Gasteiger partial charge in [-0.1, -0.05) is 65.7 Å². The quantitative estimate of drug-likeness (QED) is 0.360. The van der Waals surface area contributed by atoms with Crippen molar-refractivity contribution in [2.75, 3.05) is 13.7 Å². The number of benzene rings is 3. The predicted molar refractivity (Wildman–Crippen MR) is 130 cm³/mol. The van der Waals surface area contributed by atoms with Crippen LogP contribution in [0.3, 0.4) is 0 Å². The molecule has 1 atom stereocenters. The summed E-state index contributed by atoms with van der Waals surface area (Å²) >= 11 is 12.7. The largest absolute Gasteiger partial charge is 0.497 e. The number of ether oxygens (including phenoxy) is 1. The number of amides is 1. The van der Waals surface area contributed by atoms with E-state index in [0.717, 1.165) is 33.7 Å². The van der Waals surface area contributed by atoms with Crippen LogP contribution >= 0.6 is 23.2 Å². The van der Waals surface area contributed by atoms with Gasteiger partial charge in [0.2, 0.25) is 0 Å². The molecule has 1 aliphatic heterocycles. The molecule has 1 N–H and O–H groups in total. The minimum Gasteiger partial charge on any atom is -0.497 e. The zero-order valence-electron chi connectivity index (χ0n) is 17.9. The summed E-state index contributed by atoms with van der Waals surface area (Å²) in [7, 11) is 1.64. The zero-order valence-corrected chi connectivity index (χ0v) is 19.4. The molecule has 2 heterocycles. The number of methoxy groups -OCH3 is 1. The standard InChI is InChI=1S/C26H21Cl2N3O2/c1-33-19-12-6-16(7-13-19)14-15-31-25(20-4-2-3-5-21(20)28)22-23(29-30-24(22)26(31)32)17-8-10-18(27)11-9-17/h2-13,25H,14-15H2,1H3,(H,29,30). The third-order valence-corrected chi connectivity index (χ3v) is 6.58. The van der Waals surface area contributed by atoms with E-state index in [2.05, 4.69) is 10.2 Å². The number of nitrogens with zero attached hydrogens (tertiary/aromatic N) is 2. The molecule has 0 saturated carbocycles. The van der Waals surface area contributed by atoms with Gasteiger partial charge >= 0.3 is 0 Å². The molecule has 0 spiro atoms. The van der Waals surface area contributed by atoms with Gasteiger partial charge in [0.1, 0.15) is 11.4 Å². The lowest BCUT2D eigenvalue weighted by atomic mass is 9.96. The van der Waals surface area contributed by atoms with Gasteiger partial charge in [0.25, 0.3) is 5.91 Å². The van der Waals surface area contributed by atoms with Crippen molar-refractivity contribution in [1.82, 2.24) is 15.1 Å². The van der Waals surface area contributed by atoms with E-state index in [9.17, 15) is 4.79 Å². The molecule has 1 aromatic heterocycles. The number of aromatic amines is 1. The number of hydrogen-bond donors (Lipinski definition) is 1. The van der Waals surface area contributed by atoms with Gasteiger partial charge in [-0.15, -0.1) is 0 Å². The summed E-state index contributed by atoms with van der Waals surface area (Å²) in [5, 5.41) is 8.73. The molecule has 5 rings (SSSR count). The second-order valence-electron chi connectivity index (χ2n) is 7.89. The molecule has 4 aromatic rings. The Morgan fingerprint density at radius 1 is 1.00 bits per heavy atom. The lowest BCUT2D eigenvalue weighted by molar-refractivity contribution is 0.0746. The van der Waals surface area contributed by atoms with E-state index in [-0.39, 0.29) is 11.9 Å². The van der Waals surface area contributed by atoms with E-state index >= 15 is 0 Å². The molecule has 3 aromatic carbocycles. The Morgan fingerprint density at radius 3 is 2.42 bits per heavy atom. The van der Waals surface area contributed by atoms with Gasteiger partial charge in [0.05, 0.1) is 18.8 Å². The fourth-order valence-corrected chi connectivity index (χ4v) is 4.68. The molecular weight excluding hydrogens is 457 g/mol. The number of aromatic nitrogens is 2. The summed E-state index contributed by atoms with van der Waals surface area (Å²) in [5.41, 5.74) is 4.95. The van der Waals surface area contributed by atoms with E-state index < -0.39 is 0 Å². The number of fused-ring (bicyclic) bond motifs is 1. The van der Waals surface area contributed by atoms with Gasteiger partial charge in [-0.2, -0.15) is 5.10 Å². The Hall–Kier alpha value is -3.28. The highest BCUT2D eigenvalue weighted by Crippen LogP contribution is 2.44. The van der Waals surface area contributed by atoms with E-state index in [4.69, 9.17) is 27.9 Å². The monoisotopic (exact) mass is 477 g/mol. The fourth-order valence-electron chi connectivity index (χ4n) is 4.32. The molecule has 7 heteroatoms. The highest BCUT2D eigenvalue weighted by Gasteiger charge is 2.42. The maximum atomic E-state index is 13.5. The van der Waals surface area contributed by atoms with Gasteiger partial charge in [-0.25, -0.2) is 0 Å². The van der Waals surface area contributed by atoms with Crippen molar-refractivity contribution >= 4 is 29.1 Å². The Kier molecular flexibility index (Phi) is 5.83. The van der Waals surface area contributed by atoms with Crippen LogP contribution in [-0.2, 0) is 6.42 Å². The smallest absolute Gasteiger partial charge is 0.273 e. The van der Waals surface area contributed by atoms with E-state index in [1.807, 2.05) is 77.7 Å². The van der Waals surface area contributed by atoms with Gasteiger partial charge in [0, 0.05) is 27.7 Å². The van der Waals surface area contributed by atoms with Crippen molar-refractivity contribution in [1.29, 1.82) is 0 Å². The summed E-state index contributed by atoms with van der Waals surface area (Å²) in [6.45, 7) is 0.531. The van der Waals surface area contributed by atoms with Crippen molar-refractivity contribution in [2.45, 2.75) is 12.5 Å².